The fourth-order valence-electron chi connectivity index (χ4n) is 3.67. The molecule has 0 saturated carbocycles. The van der Waals surface area contributed by atoms with Crippen molar-refractivity contribution in [3.05, 3.63) is 69.7 Å². The van der Waals surface area contributed by atoms with Crippen molar-refractivity contribution in [3.63, 3.8) is 0 Å². The number of hydrogen-bond acceptors (Lipinski definition) is 5. The van der Waals surface area contributed by atoms with Crippen molar-refractivity contribution in [1.29, 1.82) is 0 Å². The summed E-state index contributed by atoms with van der Waals surface area (Å²) in [6.07, 6.45) is 1.51. The van der Waals surface area contributed by atoms with E-state index in [9.17, 15) is 9.59 Å². The molecule has 3 aromatic carbocycles. The van der Waals surface area contributed by atoms with E-state index < -0.39 is 11.8 Å². The molecule has 9 heteroatoms. The summed E-state index contributed by atoms with van der Waals surface area (Å²) in [5.74, 6) is -0.0587. The summed E-state index contributed by atoms with van der Waals surface area (Å²) in [6.45, 7) is 4.66. The van der Waals surface area contributed by atoms with Crippen LogP contribution in [0.3, 0.4) is 0 Å². The normalized spacial score (nSPS) is 15.1. The van der Waals surface area contributed by atoms with Gasteiger partial charge in [0, 0.05) is 5.56 Å². The average Bonchev–Trinajstić information content (AvgIpc) is 2.80. The molecule has 1 N–H and O–H groups in total. The predicted octanol–water partition coefficient (Wildman–Crippen LogP) is 5.78. The predicted molar refractivity (Wildman–Crippen MR) is 139 cm³/mol. The van der Waals surface area contributed by atoms with Crippen LogP contribution in [-0.4, -0.2) is 30.1 Å². The molecule has 1 aliphatic rings. The number of benzene rings is 3. The van der Waals surface area contributed by atoms with Crippen LogP contribution in [0.25, 0.3) is 16.8 Å². The number of hydrogen-bond donors (Lipinski definition) is 1. The number of anilines is 1. The lowest BCUT2D eigenvalue weighted by molar-refractivity contribution is -0.122. The topological polar surface area (TPSA) is 67.9 Å². The van der Waals surface area contributed by atoms with Gasteiger partial charge in [-0.2, -0.15) is 0 Å². The molecule has 34 heavy (non-hydrogen) atoms. The van der Waals surface area contributed by atoms with E-state index in [1.165, 1.54) is 6.08 Å². The quantitative estimate of drug-likeness (QED) is 0.256. The van der Waals surface area contributed by atoms with E-state index in [2.05, 4.69) is 5.32 Å². The highest BCUT2D eigenvalue weighted by molar-refractivity contribution is 7.80. The fourth-order valence-corrected chi connectivity index (χ4v) is 4.33. The van der Waals surface area contributed by atoms with Crippen LogP contribution in [0.2, 0.25) is 10.0 Å². The summed E-state index contributed by atoms with van der Waals surface area (Å²) in [4.78, 5) is 27.6. The maximum absolute atomic E-state index is 13.5. The van der Waals surface area contributed by atoms with Gasteiger partial charge >= 0.3 is 0 Å². The van der Waals surface area contributed by atoms with Crippen LogP contribution in [0, 0.1) is 0 Å². The van der Waals surface area contributed by atoms with Gasteiger partial charge in [0.05, 0.1) is 28.9 Å². The maximum Gasteiger partial charge on any atom is 0.270 e. The van der Waals surface area contributed by atoms with Crippen molar-refractivity contribution in [1.82, 2.24) is 5.32 Å². The first kappa shape index (κ1) is 24.0. The van der Waals surface area contributed by atoms with Gasteiger partial charge in [-0.25, -0.2) is 0 Å². The molecule has 0 bridgehead atoms. The Morgan fingerprint density at radius 3 is 2.50 bits per heavy atom. The molecule has 0 unspecified atom stereocenters. The van der Waals surface area contributed by atoms with Gasteiger partial charge in [-0.15, -0.1) is 0 Å². The van der Waals surface area contributed by atoms with Gasteiger partial charge in [-0.1, -0.05) is 41.4 Å². The first-order valence-electron chi connectivity index (χ1n) is 10.5. The molecule has 174 valence electrons. The summed E-state index contributed by atoms with van der Waals surface area (Å²) in [7, 11) is 0. The first-order chi connectivity index (χ1) is 16.3. The summed E-state index contributed by atoms with van der Waals surface area (Å²) in [5, 5.41) is 4.56. The van der Waals surface area contributed by atoms with Crippen LogP contribution >= 0.6 is 35.4 Å². The van der Waals surface area contributed by atoms with Crippen LogP contribution in [0.5, 0.6) is 11.5 Å². The molecule has 1 fully saturated rings. The summed E-state index contributed by atoms with van der Waals surface area (Å²) in [5.41, 5.74) is 0.723. The lowest BCUT2D eigenvalue weighted by Crippen LogP contribution is -2.54. The Balaban J connectivity index is 1.90. The highest BCUT2D eigenvalue weighted by Crippen LogP contribution is 2.36. The second kappa shape index (κ2) is 10.0. The number of halogens is 2. The minimum absolute atomic E-state index is 0.0853. The number of rotatable bonds is 6. The van der Waals surface area contributed by atoms with Gasteiger partial charge in [0.1, 0.15) is 17.1 Å². The van der Waals surface area contributed by atoms with E-state index in [1.807, 2.05) is 38.1 Å². The van der Waals surface area contributed by atoms with E-state index in [0.29, 0.717) is 30.3 Å². The largest absolute Gasteiger partial charge is 0.494 e. The second-order valence-electron chi connectivity index (χ2n) is 7.26. The van der Waals surface area contributed by atoms with Crippen molar-refractivity contribution in [2.24, 2.45) is 0 Å². The fraction of sp³-hybridized carbons (Fsp3) is 0.160. The number of carbonyl (C=O) groups is 2. The number of fused-ring (bicyclic) bond motifs is 1. The Bertz CT molecular complexity index is 1350. The van der Waals surface area contributed by atoms with Gasteiger partial charge in [0.2, 0.25) is 0 Å². The van der Waals surface area contributed by atoms with Crippen molar-refractivity contribution < 1.29 is 19.1 Å². The first-order valence-corrected chi connectivity index (χ1v) is 11.7. The number of nitrogens with one attached hydrogen (secondary N) is 1. The van der Waals surface area contributed by atoms with E-state index in [-0.39, 0.29) is 26.4 Å². The molecule has 1 heterocycles. The molecule has 3 aromatic rings. The van der Waals surface area contributed by atoms with Gasteiger partial charge in [-0.05, 0) is 73.2 Å². The third kappa shape index (κ3) is 4.46. The van der Waals surface area contributed by atoms with Crippen LogP contribution in [0.4, 0.5) is 5.69 Å². The zero-order valence-electron chi connectivity index (χ0n) is 18.4. The molecular weight excluding hydrogens is 495 g/mol. The number of nitrogens with zero attached hydrogens (tertiary/aromatic N) is 1. The van der Waals surface area contributed by atoms with Crippen LogP contribution in [-0.2, 0) is 9.59 Å². The molecule has 1 aliphatic heterocycles. The Kier molecular flexibility index (Phi) is 7.07. The molecule has 4 rings (SSSR count). The molecular formula is C25H20Cl2N2O4S. The van der Waals surface area contributed by atoms with Gasteiger partial charge in [-0.3, -0.25) is 19.8 Å². The molecule has 0 radical (unpaired) electrons. The van der Waals surface area contributed by atoms with Crippen LogP contribution < -0.4 is 19.7 Å². The second-order valence-corrected chi connectivity index (χ2v) is 8.43. The third-order valence-corrected chi connectivity index (χ3v) is 6.26. The SMILES string of the molecule is CCOc1ccc2ccc(OCC)c(/C=C3\C(=O)NC(=S)N(c4cccc(Cl)c4Cl)C3=O)c2c1. The molecule has 2 amide bonds. The number of thiocarbonyl (C=S) groups is 1. The molecule has 1 saturated heterocycles. The number of amides is 2. The molecule has 0 aromatic heterocycles. The zero-order valence-corrected chi connectivity index (χ0v) is 20.7. The Morgan fingerprint density at radius 2 is 1.76 bits per heavy atom. The number of ether oxygens (including phenoxy) is 2. The van der Waals surface area contributed by atoms with E-state index >= 15 is 0 Å². The van der Waals surface area contributed by atoms with Crippen molar-refractivity contribution in [3.8, 4) is 11.5 Å². The number of carbonyl (C=O) groups excluding carboxylic acids is 2. The summed E-state index contributed by atoms with van der Waals surface area (Å²) < 4.78 is 11.5. The third-order valence-electron chi connectivity index (χ3n) is 5.17. The zero-order chi connectivity index (χ0) is 24.4. The van der Waals surface area contributed by atoms with Gasteiger partial charge in [0.25, 0.3) is 11.8 Å². The van der Waals surface area contributed by atoms with E-state index in [0.717, 1.165) is 15.7 Å². The maximum atomic E-state index is 13.5. The van der Waals surface area contributed by atoms with Crippen LogP contribution in [0.15, 0.2) is 54.1 Å². The standard InChI is InChI=1S/C25H20Cl2N2O4S/c1-3-32-15-10-8-14-9-11-21(33-4-2)17(16(14)12-15)13-18-23(30)28-25(34)29(24(18)31)20-7-5-6-19(26)22(20)27/h5-13H,3-4H2,1-2H3,(H,28,30,34)/b18-13+. The van der Waals surface area contributed by atoms with Crippen molar-refractivity contribution in [2.75, 3.05) is 18.1 Å². The average molecular weight is 515 g/mol. The van der Waals surface area contributed by atoms with Crippen molar-refractivity contribution in [2.45, 2.75) is 13.8 Å². The lowest BCUT2D eigenvalue weighted by Gasteiger charge is -2.29. The van der Waals surface area contributed by atoms with Gasteiger partial charge in [0.15, 0.2) is 5.11 Å². The highest BCUT2D eigenvalue weighted by Gasteiger charge is 2.36. The molecule has 0 spiro atoms. The highest BCUT2D eigenvalue weighted by atomic mass is 35.5. The monoisotopic (exact) mass is 514 g/mol. The smallest absolute Gasteiger partial charge is 0.270 e. The van der Waals surface area contributed by atoms with E-state index in [1.54, 1.807) is 24.3 Å². The van der Waals surface area contributed by atoms with E-state index in [4.69, 9.17) is 44.9 Å². The summed E-state index contributed by atoms with van der Waals surface area (Å²) in [6, 6.07) is 14.2. The summed E-state index contributed by atoms with van der Waals surface area (Å²) >= 11 is 17.8. The molecule has 0 aliphatic carbocycles. The molecule has 0 atom stereocenters. The minimum Gasteiger partial charge on any atom is -0.494 e. The Labute approximate surface area is 212 Å². The van der Waals surface area contributed by atoms with Crippen molar-refractivity contribution >= 4 is 74.9 Å². The lowest BCUT2D eigenvalue weighted by atomic mass is 9.99. The van der Waals surface area contributed by atoms with Crippen LogP contribution in [0.1, 0.15) is 19.4 Å². The Hall–Kier alpha value is -3.13. The minimum atomic E-state index is -0.627. The molecule has 6 nitrogen and oxygen atoms in total. The Morgan fingerprint density at radius 1 is 1.03 bits per heavy atom. The van der Waals surface area contributed by atoms with Gasteiger partial charge < -0.3 is 9.47 Å².